The number of aliphatic hydroxyl groups excluding tert-OH is 1. The summed E-state index contributed by atoms with van der Waals surface area (Å²) in [5.41, 5.74) is -0.670. The lowest BCUT2D eigenvalue weighted by Crippen LogP contribution is -2.53. The number of ether oxygens (including phenoxy) is 1. The molecule has 0 aliphatic carbocycles. The lowest BCUT2D eigenvalue weighted by atomic mass is 9.91. The van der Waals surface area contributed by atoms with Gasteiger partial charge in [0.2, 0.25) is 0 Å². The molecule has 1 heterocycles. The van der Waals surface area contributed by atoms with Gasteiger partial charge in [0.1, 0.15) is 5.60 Å². The first-order valence-electron chi connectivity index (χ1n) is 13.2. The van der Waals surface area contributed by atoms with Crippen molar-refractivity contribution in [1.82, 2.24) is 5.32 Å². The van der Waals surface area contributed by atoms with Crippen molar-refractivity contribution in [2.75, 3.05) is 20.3 Å². The second-order valence-corrected chi connectivity index (χ2v) is 12.1. The number of hydrogen-bond acceptors (Lipinski definition) is 7. The number of carbonyl (C=O) groups is 1. The summed E-state index contributed by atoms with van der Waals surface area (Å²) >= 11 is 0. The second kappa shape index (κ2) is 16.9. The van der Waals surface area contributed by atoms with Crippen molar-refractivity contribution in [1.29, 1.82) is 0 Å². The number of phosphoric acid groups is 1. The molecule has 1 aliphatic heterocycles. The third kappa shape index (κ3) is 13.4. The molecule has 0 saturated carbocycles. The Labute approximate surface area is 207 Å². The molecule has 0 bridgehead atoms. The third-order valence-electron chi connectivity index (χ3n) is 6.11. The minimum absolute atomic E-state index is 0.118. The van der Waals surface area contributed by atoms with Gasteiger partial charge in [-0.25, -0.2) is 9.36 Å². The molecule has 202 valence electrons. The highest BCUT2D eigenvalue weighted by molar-refractivity contribution is 7.48. The van der Waals surface area contributed by atoms with Gasteiger partial charge >= 0.3 is 13.9 Å². The molecule has 9 heteroatoms. The number of phosphoric ester groups is 1. The van der Waals surface area contributed by atoms with Crippen LogP contribution in [0, 0.1) is 5.92 Å². The molecule has 1 amide bonds. The first-order valence-corrected chi connectivity index (χ1v) is 14.7. The number of hydrogen-bond donors (Lipinski definition) is 2. The number of rotatable bonds is 17. The zero-order valence-electron chi connectivity index (χ0n) is 22.2. The Hall–Kier alpha value is -0.660. The van der Waals surface area contributed by atoms with Gasteiger partial charge in [0.05, 0.1) is 25.4 Å². The van der Waals surface area contributed by atoms with E-state index in [2.05, 4.69) is 12.2 Å². The Bertz CT molecular complexity index is 596. The van der Waals surface area contributed by atoms with Gasteiger partial charge in [0.15, 0.2) is 0 Å². The van der Waals surface area contributed by atoms with E-state index in [1.165, 1.54) is 71.3 Å². The minimum atomic E-state index is -3.71. The predicted octanol–water partition coefficient (Wildman–Crippen LogP) is 6.75. The fourth-order valence-corrected chi connectivity index (χ4v) is 5.47. The van der Waals surface area contributed by atoms with Crippen molar-refractivity contribution in [3.8, 4) is 0 Å². The number of nitrogens with one attached hydrogen (secondary N) is 1. The number of unbranched alkanes of at least 4 members (excludes halogenated alkanes) is 11. The van der Waals surface area contributed by atoms with Crippen LogP contribution in [0.25, 0.3) is 0 Å². The van der Waals surface area contributed by atoms with Crippen molar-refractivity contribution >= 4 is 13.9 Å². The highest BCUT2D eigenvalue weighted by atomic mass is 31.2. The van der Waals surface area contributed by atoms with Gasteiger partial charge in [0.25, 0.3) is 0 Å². The molecule has 0 aromatic rings. The van der Waals surface area contributed by atoms with Gasteiger partial charge in [-0.05, 0) is 27.2 Å². The average molecular weight is 508 g/mol. The van der Waals surface area contributed by atoms with Crippen LogP contribution < -0.4 is 5.32 Å². The lowest BCUT2D eigenvalue weighted by Gasteiger charge is -2.38. The summed E-state index contributed by atoms with van der Waals surface area (Å²) in [6.07, 6.45) is 14.7. The Balaban J connectivity index is 2.43. The van der Waals surface area contributed by atoms with Gasteiger partial charge in [-0.2, -0.15) is 0 Å². The molecule has 2 N–H and O–H groups in total. The molecule has 34 heavy (non-hydrogen) atoms. The van der Waals surface area contributed by atoms with Crippen molar-refractivity contribution < 1.29 is 32.8 Å². The maximum atomic E-state index is 12.6. The topological polar surface area (TPSA) is 103 Å². The van der Waals surface area contributed by atoms with E-state index >= 15 is 0 Å². The number of alkyl carbamates (subject to hydrolysis) is 1. The average Bonchev–Trinajstić information content (AvgIpc) is 2.78. The second-order valence-electron chi connectivity index (χ2n) is 10.4. The maximum absolute atomic E-state index is 12.6. The van der Waals surface area contributed by atoms with Crippen LogP contribution in [0.5, 0.6) is 0 Å². The molecule has 4 atom stereocenters. The molecule has 1 saturated heterocycles. The van der Waals surface area contributed by atoms with E-state index in [0.717, 1.165) is 19.3 Å². The van der Waals surface area contributed by atoms with Crippen LogP contribution in [-0.4, -0.2) is 49.3 Å². The molecule has 0 aromatic carbocycles. The Morgan fingerprint density at radius 3 is 2.03 bits per heavy atom. The fraction of sp³-hybridized carbons (Fsp3) is 0.960. The number of amides is 1. The summed E-state index contributed by atoms with van der Waals surface area (Å²) in [6, 6.07) is -0.774. The Kier molecular flexibility index (Phi) is 15.6. The standard InChI is InChI=1S/C25H50NO7P/c1-6-7-8-9-10-11-12-13-14-15-16-17-18-21-20-31-34(29,30-5)33-23(21)22(19-27)26-24(28)32-25(2,3)4/h21-23,27H,6-20H2,1-5H3,(H,26,28)/t21-,22+,23+,34?/m1/s1. The van der Waals surface area contributed by atoms with E-state index in [4.69, 9.17) is 18.3 Å². The van der Waals surface area contributed by atoms with Crippen molar-refractivity contribution in [3.05, 3.63) is 0 Å². The van der Waals surface area contributed by atoms with Crippen LogP contribution in [0.2, 0.25) is 0 Å². The number of carbonyl (C=O) groups excluding carboxylic acids is 1. The van der Waals surface area contributed by atoms with Crippen molar-refractivity contribution in [2.24, 2.45) is 5.92 Å². The highest BCUT2D eigenvalue weighted by Gasteiger charge is 2.44. The van der Waals surface area contributed by atoms with Gasteiger partial charge in [-0.1, -0.05) is 84.0 Å². The molecule has 0 aromatic heterocycles. The van der Waals surface area contributed by atoms with Crippen molar-refractivity contribution in [3.63, 3.8) is 0 Å². The lowest BCUT2D eigenvalue weighted by molar-refractivity contribution is -0.0384. The Morgan fingerprint density at radius 1 is 1.03 bits per heavy atom. The van der Waals surface area contributed by atoms with Crippen molar-refractivity contribution in [2.45, 2.75) is 129 Å². The predicted molar refractivity (Wildman–Crippen MR) is 135 cm³/mol. The smallest absolute Gasteiger partial charge is 0.444 e. The summed E-state index contributed by atoms with van der Waals surface area (Å²) < 4.78 is 33.9. The highest BCUT2D eigenvalue weighted by Crippen LogP contribution is 2.55. The van der Waals surface area contributed by atoms with E-state index in [-0.39, 0.29) is 19.1 Å². The van der Waals surface area contributed by atoms with Crippen LogP contribution in [0.1, 0.15) is 111 Å². The molecule has 1 unspecified atom stereocenters. The summed E-state index contributed by atoms with van der Waals surface area (Å²) in [5, 5.41) is 12.6. The molecule has 1 rings (SSSR count). The third-order valence-corrected chi connectivity index (χ3v) is 7.52. The van der Waals surface area contributed by atoms with E-state index in [1.54, 1.807) is 20.8 Å². The normalized spacial score (nSPS) is 24.1. The van der Waals surface area contributed by atoms with Gasteiger partial charge in [-0.3, -0.25) is 13.6 Å². The first-order chi connectivity index (χ1) is 16.1. The molecule has 0 radical (unpaired) electrons. The van der Waals surface area contributed by atoms with Gasteiger partial charge < -0.3 is 15.2 Å². The summed E-state index contributed by atoms with van der Waals surface area (Å²) in [5.74, 6) is -0.118. The van der Waals surface area contributed by atoms with Crippen LogP contribution in [0.3, 0.4) is 0 Å². The molecular weight excluding hydrogens is 457 g/mol. The van der Waals surface area contributed by atoms with Gasteiger partial charge in [-0.15, -0.1) is 0 Å². The van der Waals surface area contributed by atoms with E-state index in [0.29, 0.717) is 0 Å². The largest absolute Gasteiger partial charge is 0.474 e. The first kappa shape index (κ1) is 31.4. The van der Waals surface area contributed by atoms with E-state index < -0.39 is 31.7 Å². The molecule has 0 spiro atoms. The Morgan fingerprint density at radius 2 is 1.56 bits per heavy atom. The van der Waals surface area contributed by atoms with Crippen LogP contribution >= 0.6 is 7.82 Å². The molecule has 8 nitrogen and oxygen atoms in total. The fourth-order valence-electron chi connectivity index (χ4n) is 4.23. The summed E-state index contributed by atoms with van der Waals surface area (Å²) in [6.45, 7) is 7.37. The van der Waals surface area contributed by atoms with Gasteiger partial charge in [0, 0.05) is 13.0 Å². The van der Waals surface area contributed by atoms with Crippen LogP contribution in [0.15, 0.2) is 0 Å². The van der Waals surface area contributed by atoms with E-state index in [9.17, 15) is 14.5 Å². The monoisotopic (exact) mass is 507 g/mol. The minimum Gasteiger partial charge on any atom is -0.444 e. The van der Waals surface area contributed by atoms with Crippen LogP contribution in [-0.2, 0) is 22.9 Å². The zero-order chi connectivity index (χ0) is 25.5. The number of aliphatic hydroxyl groups is 1. The summed E-state index contributed by atoms with van der Waals surface area (Å²) in [4.78, 5) is 12.2. The quantitative estimate of drug-likeness (QED) is 0.166. The summed E-state index contributed by atoms with van der Waals surface area (Å²) in [7, 11) is -2.45. The molecular formula is C25H50NO7P. The zero-order valence-corrected chi connectivity index (χ0v) is 23.1. The van der Waals surface area contributed by atoms with Crippen LogP contribution in [0.4, 0.5) is 4.79 Å². The molecule has 1 aliphatic rings. The SMILES string of the molecule is CCCCCCCCCCCCCC[C@@H]1COP(=O)(OC)O[C@@H]1[C@H](CO)NC(=O)OC(C)(C)C. The molecule has 1 fully saturated rings. The maximum Gasteiger partial charge on any atom is 0.474 e. The van der Waals surface area contributed by atoms with E-state index in [1.807, 2.05) is 0 Å².